The van der Waals surface area contributed by atoms with Gasteiger partial charge >= 0.3 is 0 Å². The molecule has 2 amide bonds. The number of piperidine rings is 2. The number of amides is 2. The third-order valence-corrected chi connectivity index (χ3v) is 6.33. The van der Waals surface area contributed by atoms with Gasteiger partial charge in [-0.1, -0.05) is 18.2 Å². The maximum Gasteiger partial charge on any atom is 0.254 e. The quantitative estimate of drug-likeness (QED) is 0.784. The van der Waals surface area contributed by atoms with E-state index in [1.165, 1.54) is 6.92 Å². The first kappa shape index (κ1) is 17.3. The summed E-state index contributed by atoms with van der Waals surface area (Å²) in [6, 6.07) is 7.55. The van der Waals surface area contributed by atoms with Crippen LogP contribution in [0.25, 0.3) is 0 Å². The first-order valence-electron chi connectivity index (χ1n) is 9.68. The molecule has 2 saturated heterocycles. The van der Waals surface area contributed by atoms with Gasteiger partial charge < -0.3 is 9.80 Å². The molecular formula is C21H26N2O3. The summed E-state index contributed by atoms with van der Waals surface area (Å²) in [7, 11) is 0. The zero-order chi connectivity index (χ0) is 18.3. The van der Waals surface area contributed by atoms with Gasteiger partial charge in [0.05, 0.1) is 5.56 Å². The predicted molar refractivity (Wildman–Crippen MR) is 98.0 cm³/mol. The van der Waals surface area contributed by atoms with Gasteiger partial charge in [-0.05, 0) is 50.5 Å². The summed E-state index contributed by atoms with van der Waals surface area (Å²) >= 11 is 0. The predicted octanol–water partition coefficient (Wildman–Crippen LogP) is 2.90. The molecule has 2 aliphatic heterocycles. The van der Waals surface area contributed by atoms with E-state index in [1.807, 2.05) is 11.0 Å². The molecule has 1 aromatic rings. The van der Waals surface area contributed by atoms with Crippen molar-refractivity contribution in [3.05, 3.63) is 35.4 Å². The summed E-state index contributed by atoms with van der Waals surface area (Å²) in [5.41, 5.74) is 1.18. The first-order chi connectivity index (χ1) is 12.5. The molecule has 138 valence electrons. The number of rotatable bonds is 3. The third kappa shape index (κ3) is 3.15. The van der Waals surface area contributed by atoms with Gasteiger partial charge in [-0.3, -0.25) is 14.4 Å². The second kappa shape index (κ2) is 6.53. The highest BCUT2D eigenvalue weighted by Crippen LogP contribution is 2.43. The van der Waals surface area contributed by atoms with Crippen LogP contribution in [0.4, 0.5) is 0 Å². The topological polar surface area (TPSA) is 57.7 Å². The molecule has 0 bridgehead atoms. The Balaban J connectivity index is 1.44. The number of likely N-dealkylation sites (tertiary alicyclic amines) is 2. The SMILES string of the molecule is CC(=O)c1ccccc1C(=O)N1CCC2(CCC(=O)N(C3CC3)C2)CC1. The molecule has 5 heteroatoms. The average molecular weight is 354 g/mol. The molecule has 0 radical (unpaired) electrons. The lowest BCUT2D eigenvalue weighted by Crippen LogP contribution is -2.53. The molecule has 3 aliphatic rings. The van der Waals surface area contributed by atoms with Crippen molar-refractivity contribution in [2.45, 2.75) is 51.5 Å². The molecule has 5 nitrogen and oxygen atoms in total. The Labute approximate surface area is 154 Å². The molecule has 0 unspecified atom stereocenters. The van der Waals surface area contributed by atoms with Crippen molar-refractivity contribution in [1.82, 2.24) is 9.80 Å². The third-order valence-electron chi connectivity index (χ3n) is 6.33. The van der Waals surface area contributed by atoms with Crippen LogP contribution in [0, 0.1) is 5.41 Å². The molecule has 1 spiro atoms. The second-order valence-electron chi connectivity index (χ2n) is 8.15. The van der Waals surface area contributed by atoms with Crippen LogP contribution in [0.15, 0.2) is 24.3 Å². The van der Waals surface area contributed by atoms with Gasteiger partial charge in [0, 0.05) is 37.7 Å². The number of carbonyl (C=O) groups is 3. The minimum atomic E-state index is -0.0757. The molecule has 4 rings (SSSR count). The van der Waals surface area contributed by atoms with E-state index in [1.54, 1.807) is 18.2 Å². The Hall–Kier alpha value is -2.17. The summed E-state index contributed by atoms with van der Waals surface area (Å²) < 4.78 is 0. The summed E-state index contributed by atoms with van der Waals surface area (Å²) in [6.45, 7) is 3.78. The van der Waals surface area contributed by atoms with E-state index in [0.29, 0.717) is 42.6 Å². The lowest BCUT2D eigenvalue weighted by atomic mass is 9.72. The maximum absolute atomic E-state index is 12.9. The zero-order valence-electron chi connectivity index (χ0n) is 15.4. The molecule has 1 aromatic carbocycles. The number of carbonyl (C=O) groups excluding carboxylic acids is 3. The van der Waals surface area contributed by atoms with Crippen molar-refractivity contribution in [1.29, 1.82) is 0 Å². The Morgan fingerprint density at radius 1 is 1.04 bits per heavy atom. The van der Waals surface area contributed by atoms with Crippen LogP contribution < -0.4 is 0 Å². The number of benzene rings is 1. The van der Waals surface area contributed by atoms with Crippen molar-refractivity contribution in [3.8, 4) is 0 Å². The highest BCUT2D eigenvalue weighted by atomic mass is 16.2. The Kier molecular flexibility index (Phi) is 4.33. The molecule has 26 heavy (non-hydrogen) atoms. The fourth-order valence-corrected chi connectivity index (χ4v) is 4.50. The van der Waals surface area contributed by atoms with Gasteiger partial charge in [-0.2, -0.15) is 0 Å². The van der Waals surface area contributed by atoms with Gasteiger partial charge in [-0.15, -0.1) is 0 Å². The van der Waals surface area contributed by atoms with Crippen LogP contribution in [0.3, 0.4) is 0 Å². The van der Waals surface area contributed by atoms with Gasteiger partial charge in [0.2, 0.25) is 5.91 Å². The van der Waals surface area contributed by atoms with E-state index in [4.69, 9.17) is 0 Å². The average Bonchev–Trinajstić information content (AvgIpc) is 3.49. The highest BCUT2D eigenvalue weighted by Gasteiger charge is 2.45. The molecule has 1 aliphatic carbocycles. The summed E-state index contributed by atoms with van der Waals surface area (Å²) in [5.74, 6) is 0.192. The molecule has 3 fully saturated rings. The molecule has 0 atom stereocenters. The molecule has 0 aromatic heterocycles. The molecular weight excluding hydrogens is 328 g/mol. The van der Waals surface area contributed by atoms with Crippen molar-refractivity contribution in [2.24, 2.45) is 5.41 Å². The van der Waals surface area contributed by atoms with E-state index in [0.717, 1.165) is 38.6 Å². The Morgan fingerprint density at radius 3 is 2.31 bits per heavy atom. The van der Waals surface area contributed by atoms with Crippen molar-refractivity contribution in [2.75, 3.05) is 19.6 Å². The number of hydrogen-bond acceptors (Lipinski definition) is 3. The fraction of sp³-hybridized carbons (Fsp3) is 0.571. The molecule has 0 N–H and O–H groups in total. The van der Waals surface area contributed by atoms with Crippen molar-refractivity contribution >= 4 is 17.6 Å². The van der Waals surface area contributed by atoms with Crippen LogP contribution in [-0.2, 0) is 4.79 Å². The van der Waals surface area contributed by atoms with Crippen LogP contribution in [-0.4, -0.2) is 53.1 Å². The first-order valence-corrected chi connectivity index (χ1v) is 9.68. The van der Waals surface area contributed by atoms with Gasteiger partial charge in [0.25, 0.3) is 5.91 Å². The maximum atomic E-state index is 12.9. The van der Waals surface area contributed by atoms with E-state index in [2.05, 4.69) is 4.90 Å². The Morgan fingerprint density at radius 2 is 1.69 bits per heavy atom. The standard InChI is InChI=1S/C21H26N2O3/c1-15(24)17-4-2-3-5-18(17)20(26)22-12-10-21(11-13-22)9-8-19(25)23(14-21)16-6-7-16/h2-5,16H,6-14H2,1H3. The summed E-state index contributed by atoms with van der Waals surface area (Å²) in [4.78, 5) is 40.9. The minimum Gasteiger partial charge on any atom is -0.339 e. The monoisotopic (exact) mass is 354 g/mol. The highest BCUT2D eigenvalue weighted by molar-refractivity contribution is 6.07. The summed E-state index contributed by atoms with van der Waals surface area (Å²) in [6.07, 6.45) is 5.77. The lowest BCUT2D eigenvalue weighted by molar-refractivity contribution is -0.139. The normalized spacial score (nSPS) is 22.6. The number of Topliss-reactive ketones (excluding diaryl/α,β-unsaturated/α-hetero) is 1. The minimum absolute atomic E-state index is 0.0448. The molecule has 2 heterocycles. The number of nitrogens with zero attached hydrogens (tertiary/aromatic N) is 2. The largest absolute Gasteiger partial charge is 0.339 e. The van der Waals surface area contributed by atoms with Crippen molar-refractivity contribution in [3.63, 3.8) is 0 Å². The number of ketones is 1. The smallest absolute Gasteiger partial charge is 0.254 e. The van der Waals surface area contributed by atoms with Gasteiger partial charge in [0.1, 0.15) is 0 Å². The van der Waals surface area contributed by atoms with E-state index >= 15 is 0 Å². The van der Waals surface area contributed by atoms with Gasteiger partial charge in [0.15, 0.2) is 5.78 Å². The van der Waals surface area contributed by atoms with Crippen LogP contribution in [0.2, 0.25) is 0 Å². The zero-order valence-corrected chi connectivity index (χ0v) is 15.4. The van der Waals surface area contributed by atoms with E-state index in [-0.39, 0.29) is 17.1 Å². The van der Waals surface area contributed by atoms with Crippen LogP contribution in [0.5, 0.6) is 0 Å². The van der Waals surface area contributed by atoms with Crippen LogP contribution in [0.1, 0.15) is 66.2 Å². The van der Waals surface area contributed by atoms with Crippen molar-refractivity contribution < 1.29 is 14.4 Å². The number of hydrogen-bond donors (Lipinski definition) is 0. The second-order valence-corrected chi connectivity index (χ2v) is 8.15. The Bertz CT molecular complexity index is 745. The summed E-state index contributed by atoms with van der Waals surface area (Å²) in [5, 5.41) is 0. The van der Waals surface area contributed by atoms with E-state index < -0.39 is 0 Å². The van der Waals surface area contributed by atoms with Gasteiger partial charge in [-0.25, -0.2) is 0 Å². The molecule has 1 saturated carbocycles. The lowest BCUT2D eigenvalue weighted by Gasteiger charge is -2.47. The fourth-order valence-electron chi connectivity index (χ4n) is 4.50. The van der Waals surface area contributed by atoms with Crippen LogP contribution >= 0.6 is 0 Å². The van der Waals surface area contributed by atoms with E-state index in [9.17, 15) is 14.4 Å².